The molecule has 1 aliphatic rings. The first kappa shape index (κ1) is 12.3. The van der Waals surface area contributed by atoms with Gasteiger partial charge in [-0.05, 0) is 33.4 Å². The molecular formula is C19H16BN. The number of hydrogen-bond donors (Lipinski definition) is 1. The molecule has 1 heterocycles. The molecule has 3 aromatic rings. The van der Waals surface area contributed by atoms with Crippen LogP contribution in [0.4, 0.5) is 5.69 Å². The van der Waals surface area contributed by atoms with E-state index in [0.29, 0.717) is 6.85 Å². The lowest BCUT2D eigenvalue weighted by atomic mass is 9.53. The first-order valence-electron chi connectivity index (χ1n) is 7.38. The van der Waals surface area contributed by atoms with Crippen LogP contribution in [0, 0.1) is 0 Å². The van der Waals surface area contributed by atoms with Crippen molar-refractivity contribution in [3.8, 4) is 0 Å². The molecule has 1 N–H and O–H groups in total. The molecule has 1 aliphatic heterocycles. The van der Waals surface area contributed by atoms with Gasteiger partial charge in [-0.15, -0.1) is 0 Å². The molecule has 100 valence electrons. The van der Waals surface area contributed by atoms with E-state index < -0.39 is 0 Å². The molecule has 2 heteroatoms. The maximum atomic E-state index is 3.60. The second-order valence-corrected chi connectivity index (χ2v) is 5.58. The van der Waals surface area contributed by atoms with Gasteiger partial charge in [0.15, 0.2) is 0 Å². The van der Waals surface area contributed by atoms with Gasteiger partial charge in [-0.3, -0.25) is 0 Å². The molecule has 4 rings (SSSR count). The van der Waals surface area contributed by atoms with Crippen LogP contribution in [0.2, 0.25) is 6.82 Å². The number of benzene rings is 3. The topological polar surface area (TPSA) is 12.0 Å². The van der Waals surface area contributed by atoms with E-state index in [1.54, 1.807) is 0 Å². The van der Waals surface area contributed by atoms with Crippen LogP contribution in [-0.4, -0.2) is 6.85 Å². The summed E-state index contributed by atoms with van der Waals surface area (Å²) in [6, 6.07) is 23.6. The molecule has 1 nitrogen and oxygen atoms in total. The first-order chi connectivity index (χ1) is 10.3. The van der Waals surface area contributed by atoms with Gasteiger partial charge in [0.1, 0.15) is 0 Å². The van der Waals surface area contributed by atoms with E-state index in [1.807, 2.05) is 0 Å². The lowest BCUT2D eigenvalue weighted by Gasteiger charge is -2.24. The van der Waals surface area contributed by atoms with Crippen LogP contribution in [0.3, 0.4) is 0 Å². The third-order valence-corrected chi connectivity index (χ3v) is 4.21. The minimum Gasteiger partial charge on any atom is -0.424 e. The Morgan fingerprint density at radius 3 is 2.52 bits per heavy atom. The Morgan fingerprint density at radius 1 is 0.810 bits per heavy atom. The van der Waals surface area contributed by atoms with E-state index in [4.69, 9.17) is 0 Å². The van der Waals surface area contributed by atoms with Gasteiger partial charge >= 0.3 is 0 Å². The maximum Gasteiger partial charge on any atom is 0.283 e. The van der Waals surface area contributed by atoms with Crippen molar-refractivity contribution < 1.29 is 0 Å². The zero-order chi connectivity index (χ0) is 14.2. The average Bonchev–Trinajstić information content (AvgIpc) is 2.54. The Kier molecular flexibility index (Phi) is 2.82. The Bertz CT molecular complexity index is 846. The summed E-state index contributed by atoms with van der Waals surface area (Å²) in [6.07, 6.45) is 2.32. The normalized spacial score (nSPS) is 13.6. The van der Waals surface area contributed by atoms with Gasteiger partial charge in [-0.25, -0.2) is 0 Å². The van der Waals surface area contributed by atoms with Crippen LogP contribution < -0.4 is 5.23 Å². The van der Waals surface area contributed by atoms with Crippen LogP contribution in [0.25, 0.3) is 22.3 Å². The van der Waals surface area contributed by atoms with Crippen molar-refractivity contribution in [1.29, 1.82) is 0 Å². The quantitative estimate of drug-likeness (QED) is 0.615. The van der Waals surface area contributed by atoms with Gasteiger partial charge in [-0.2, -0.15) is 0 Å². The molecule has 0 aromatic heterocycles. The van der Waals surface area contributed by atoms with E-state index in [0.717, 1.165) is 0 Å². The van der Waals surface area contributed by atoms with E-state index in [1.165, 1.54) is 33.1 Å². The molecule has 0 bridgehead atoms. The van der Waals surface area contributed by atoms with Gasteiger partial charge in [0, 0.05) is 5.69 Å². The van der Waals surface area contributed by atoms with Crippen molar-refractivity contribution in [1.82, 2.24) is 0 Å². The zero-order valence-electron chi connectivity index (χ0n) is 12.0. The van der Waals surface area contributed by atoms with Crippen LogP contribution in [-0.2, 0) is 0 Å². The van der Waals surface area contributed by atoms with E-state index in [-0.39, 0.29) is 0 Å². The lowest BCUT2D eigenvalue weighted by Crippen LogP contribution is -2.26. The molecule has 3 aromatic carbocycles. The minimum absolute atomic E-state index is 0.311. The van der Waals surface area contributed by atoms with Crippen molar-refractivity contribution in [2.45, 2.75) is 6.82 Å². The summed E-state index contributed by atoms with van der Waals surface area (Å²) >= 11 is 0. The Morgan fingerprint density at radius 2 is 1.57 bits per heavy atom. The van der Waals surface area contributed by atoms with Crippen molar-refractivity contribution >= 4 is 34.9 Å². The highest BCUT2D eigenvalue weighted by Gasteiger charge is 2.22. The van der Waals surface area contributed by atoms with Gasteiger partial charge < -0.3 is 5.23 Å². The highest BCUT2D eigenvalue weighted by Crippen LogP contribution is 2.33. The van der Waals surface area contributed by atoms with Crippen LogP contribution in [0.5, 0.6) is 0 Å². The Hall–Kier alpha value is -2.48. The first-order valence-corrected chi connectivity index (χ1v) is 7.38. The van der Waals surface area contributed by atoms with Crippen molar-refractivity contribution in [3.63, 3.8) is 0 Å². The van der Waals surface area contributed by atoms with Gasteiger partial charge in [0.2, 0.25) is 0 Å². The maximum absolute atomic E-state index is 3.60. The molecule has 0 aliphatic carbocycles. The Labute approximate surface area is 125 Å². The molecule has 0 amide bonds. The third-order valence-electron chi connectivity index (χ3n) is 4.21. The Balaban J connectivity index is 1.95. The van der Waals surface area contributed by atoms with E-state index >= 15 is 0 Å². The summed E-state index contributed by atoms with van der Waals surface area (Å²) in [5, 5.41) is 6.22. The summed E-state index contributed by atoms with van der Waals surface area (Å²) in [6.45, 7) is 2.54. The highest BCUT2D eigenvalue weighted by molar-refractivity contribution is 6.83. The monoisotopic (exact) mass is 269 g/mol. The fourth-order valence-electron chi connectivity index (χ4n) is 3.15. The molecule has 0 fully saturated rings. The minimum atomic E-state index is 0.311. The van der Waals surface area contributed by atoms with E-state index in [9.17, 15) is 0 Å². The number of anilines is 1. The molecule has 0 unspecified atom stereocenters. The summed E-state index contributed by atoms with van der Waals surface area (Å²) in [5.74, 6) is 0. The number of rotatable bonds is 1. The SMILES string of the molecule is CB1Nc2ccccc2C=C1c1cccc2ccccc12. The largest absolute Gasteiger partial charge is 0.424 e. The predicted octanol–water partition coefficient (Wildman–Crippen LogP) is 4.97. The summed E-state index contributed by atoms with van der Waals surface area (Å²) in [4.78, 5) is 0. The number of fused-ring (bicyclic) bond motifs is 2. The van der Waals surface area contributed by atoms with Gasteiger partial charge in [-0.1, -0.05) is 73.6 Å². The van der Waals surface area contributed by atoms with Gasteiger partial charge in [0.05, 0.1) is 0 Å². The molecule has 0 saturated carbocycles. The van der Waals surface area contributed by atoms with E-state index in [2.05, 4.69) is 84.9 Å². The number of para-hydroxylation sites is 1. The summed E-state index contributed by atoms with van der Waals surface area (Å²) in [5.41, 5.74) is 5.15. The molecule has 0 radical (unpaired) electrons. The fraction of sp³-hybridized carbons (Fsp3) is 0.0526. The molecule has 0 saturated heterocycles. The smallest absolute Gasteiger partial charge is 0.283 e. The van der Waals surface area contributed by atoms with Crippen molar-refractivity contribution in [3.05, 3.63) is 77.9 Å². The van der Waals surface area contributed by atoms with Gasteiger partial charge in [0.25, 0.3) is 6.85 Å². The molecular weight excluding hydrogens is 253 g/mol. The number of hydrogen-bond acceptors (Lipinski definition) is 1. The fourth-order valence-corrected chi connectivity index (χ4v) is 3.15. The number of nitrogens with one attached hydrogen (secondary N) is 1. The van der Waals surface area contributed by atoms with Crippen LogP contribution in [0.1, 0.15) is 11.1 Å². The molecule has 0 spiro atoms. The zero-order valence-corrected chi connectivity index (χ0v) is 12.0. The predicted molar refractivity (Wildman–Crippen MR) is 93.5 cm³/mol. The van der Waals surface area contributed by atoms with Crippen LogP contribution >= 0.6 is 0 Å². The standard InChI is InChI=1S/C19H16BN/c1-20-18(13-15-8-3-5-12-19(15)21-20)17-11-6-9-14-7-2-4-10-16(14)17/h2-13,21H,1H3. The summed E-state index contributed by atoms with van der Waals surface area (Å²) < 4.78 is 0. The van der Waals surface area contributed by atoms with Crippen molar-refractivity contribution in [2.24, 2.45) is 0 Å². The second kappa shape index (κ2) is 4.82. The summed E-state index contributed by atoms with van der Waals surface area (Å²) in [7, 11) is 0. The molecule has 21 heavy (non-hydrogen) atoms. The third kappa shape index (κ3) is 2.04. The lowest BCUT2D eigenvalue weighted by molar-refractivity contribution is 1.58. The second-order valence-electron chi connectivity index (χ2n) is 5.58. The highest BCUT2D eigenvalue weighted by atomic mass is 14.8. The average molecular weight is 269 g/mol. The molecule has 0 atom stereocenters. The van der Waals surface area contributed by atoms with Crippen LogP contribution in [0.15, 0.2) is 66.7 Å². The van der Waals surface area contributed by atoms with Crippen molar-refractivity contribution in [2.75, 3.05) is 5.23 Å².